The van der Waals surface area contributed by atoms with Crippen molar-refractivity contribution in [3.05, 3.63) is 49.5 Å². The van der Waals surface area contributed by atoms with Gasteiger partial charge in [0.25, 0.3) is 6.08 Å². The maximum absolute atomic E-state index is 11.9. The quantitative estimate of drug-likeness (QED) is 0.211. The van der Waals surface area contributed by atoms with Crippen LogP contribution in [-0.4, -0.2) is 19.4 Å². The molecule has 0 radical (unpaired) electrons. The molecule has 0 spiro atoms. The number of alkyl halides is 3. The fourth-order valence-electron chi connectivity index (χ4n) is 0.751. The molecule has 0 heterocycles. The molecule has 11 heteroatoms. The summed E-state index contributed by atoms with van der Waals surface area (Å²) in [7, 11) is 0. The van der Waals surface area contributed by atoms with Crippen LogP contribution in [0.5, 0.6) is 0 Å². The van der Waals surface area contributed by atoms with E-state index in [4.69, 9.17) is 4.74 Å². The number of allylic oxidation sites excluding steroid dienone is 2. The molecule has 0 aromatic heterocycles. The van der Waals surface area contributed by atoms with Crippen molar-refractivity contribution < 1.29 is 49.0 Å². The zero-order valence-electron chi connectivity index (χ0n) is 16.5. The predicted molar refractivity (Wildman–Crippen MR) is 94.5 cm³/mol. The highest BCUT2D eigenvalue weighted by atomic mass is 19.4. The van der Waals surface area contributed by atoms with Crippen molar-refractivity contribution in [2.75, 3.05) is 13.2 Å². The third-order valence-electron chi connectivity index (χ3n) is 1.96. The second-order valence-corrected chi connectivity index (χ2v) is 4.80. The van der Waals surface area contributed by atoms with Gasteiger partial charge in [-0.2, -0.15) is 30.7 Å². The molecule has 29 heavy (non-hydrogen) atoms. The predicted octanol–water partition coefficient (Wildman–Crippen LogP) is 8.60. The van der Waals surface area contributed by atoms with Crippen LogP contribution < -0.4 is 0 Å². The van der Waals surface area contributed by atoms with E-state index in [1.54, 1.807) is 0 Å². The summed E-state index contributed by atoms with van der Waals surface area (Å²) >= 11 is 0. The van der Waals surface area contributed by atoms with Gasteiger partial charge in [-0.3, -0.25) is 0 Å². The molecule has 174 valence electrons. The lowest BCUT2D eigenvalue weighted by Crippen LogP contribution is -2.05. The highest BCUT2D eigenvalue weighted by Crippen LogP contribution is 2.23. The Morgan fingerprint density at radius 3 is 1.31 bits per heavy atom. The van der Waals surface area contributed by atoms with Crippen LogP contribution in [0.4, 0.5) is 39.5 Å². The lowest BCUT2D eigenvalue weighted by Gasteiger charge is -1.97. The van der Waals surface area contributed by atoms with E-state index in [9.17, 15) is 39.5 Å². The molecule has 2 nitrogen and oxygen atoms in total. The van der Waals surface area contributed by atoms with Crippen molar-refractivity contribution in [1.82, 2.24) is 0 Å². The van der Waals surface area contributed by atoms with Crippen molar-refractivity contribution in [2.24, 2.45) is 0 Å². The summed E-state index contributed by atoms with van der Waals surface area (Å²) < 4.78 is 107. The minimum Gasteiger partial charge on any atom is -0.499 e. The summed E-state index contributed by atoms with van der Waals surface area (Å²) in [6, 6.07) is 0. The Morgan fingerprint density at radius 1 is 0.793 bits per heavy atom. The molecule has 0 amide bonds. The van der Waals surface area contributed by atoms with E-state index < -0.39 is 24.2 Å². The standard InChI is InChI=1S/C7H13FO.C6H10F2O.C3H2F4.C2H2F2/c1-3-4-5-9-6-7(2)8;1-2-3-4-9-5-6(7)8;1-2(4)3(5,6)7;1-2(3)4/h6H,3-5H2,1-2H3;5H,2-4H2,1H3;1H2;1H2. The lowest BCUT2D eigenvalue weighted by atomic mass is 10.4. The van der Waals surface area contributed by atoms with Crippen molar-refractivity contribution in [2.45, 2.75) is 52.6 Å². The molecule has 0 bridgehead atoms. The third-order valence-corrected chi connectivity index (χ3v) is 1.96. The normalized spacial score (nSPS) is 10.0. The fraction of sp³-hybridized carbons (Fsp3) is 0.556. The minimum atomic E-state index is -4.86. The van der Waals surface area contributed by atoms with Crippen LogP contribution in [0.1, 0.15) is 46.5 Å². The van der Waals surface area contributed by atoms with Gasteiger partial charge < -0.3 is 9.47 Å². The summed E-state index contributed by atoms with van der Waals surface area (Å²) in [4.78, 5) is 0. The first-order valence-electron chi connectivity index (χ1n) is 8.20. The van der Waals surface area contributed by atoms with Crippen molar-refractivity contribution >= 4 is 0 Å². The van der Waals surface area contributed by atoms with Gasteiger partial charge in [0.15, 0.2) is 5.83 Å². The van der Waals surface area contributed by atoms with Crippen LogP contribution in [0.3, 0.4) is 0 Å². The smallest absolute Gasteiger partial charge is 0.442 e. The Labute approximate surface area is 165 Å². The number of rotatable bonds is 8. The van der Waals surface area contributed by atoms with E-state index >= 15 is 0 Å². The Hall–Kier alpha value is -2.07. The first-order valence-corrected chi connectivity index (χ1v) is 8.20. The molecule has 0 aromatic carbocycles. The molecule has 0 aliphatic carbocycles. The van der Waals surface area contributed by atoms with Crippen LogP contribution in [0.15, 0.2) is 49.5 Å². The maximum Gasteiger partial charge on any atom is 0.442 e. The van der Waals surface area contributed by atoms with E-state index in [0.717, 1.165) is 31.9 Å². The summed E-state index contributed by atoms with van der Waals surface area (Å²) in [6.07, 6.45) is -2.98. The average Bonchev–Trinajstić information content (AvgIpc) is 2.55. The minimum absolute atomic E-state index is 0.272. The van der Waals surface area contributed by atoms with Crippen LogP contribution in [-0.2, 0) is 9.47 Å². The van der Waals surface area contributed by atoms with Gasteiger partial charge >= 0.3 is 12.3 Å². The Bertz CT molecular complexity index is 423. The first-order chi connectivity index (χ1) is 13.2. The topological polar surface area (TPSA) is 18.5 Å². The number of hydrogen-bond donors (Lipinski definition) is 0. The summed E-state index contributed by atoms with van der Waals surface area (Å²) in [5.74, 6) is -2.53. The molecule has 0 saturated carbocycles. The van der Waals surface area contributed by atoms with Gasteiger partial charge in [-0.1, -0.05) is 33.3 Å². The molecular weight excluding hydrogens is 419 g/mol. The molecule has 0 N–H and O–H groups in total. The van der Waals surface area contributed by atoms with Gasteiger partial charge in [-0.25, -0.2) is 8.78 Å². The zero-order valence-corrected chi connectivity index (χ0v) is 16.5. The number of halogens is 9. The van der Waals surface area contributed by atoms with Gasteiger partial charge in [0, 0.05) is 0 Å². The monoisotopic (exact) mass is 446 g/mol. The second kappa shape index (κ2) is 24.0. The largest absolute Gasteiger partial charge is 0.499 e. The summed E-state index contributed by atoms with van der Waals surface area (Å²) in [6.45, 7) is 10.7. The van der Waals surface area contributed by atoms with Crippen molar-refractivity contribution in [3.63, 3.8) is 0 Å². The van der Waals surface area contributed by atoms with Gasteiger partial charge in [-0.15, -0.1) is 0 Å². The molecule has 0 saturated heterocycles. The van der Waals surface area contributed by atoms with Gasteiger partial charge in [0.1, 0.15) is 18.4 Å². The molecule has 0 aromatic rings. The van der Waals surface area contributed by atoms with E-state index in [0.29, 0.717) is 19.5 Å². The zero-order chi connectivity index (χ0) is 23.9. The summed E-state index contributed by atoms with van der Waals surface area (Å²) in [5.41, 5.74) is 0. The average molecular weight is 446 g/mol. The number of ether oxygens (including phenoxy) is 2. The third kappa shape index (κ3) is 58.5. The second-order valence-electron chi connectivity index (χ2n) is 4.80. The van der Waals surface area contributed by atoms with E-state index in [2.05, 4.69) is 18.2 Å². The first kappa shape index (κ1) is 34.4. The highest BCUT2D eigenvalue weighted by Gasteiger charge is 2.32. The Morgan fingerprint density at radius 2 is 1.10 bits per heavy atom. The van der Waals surface area contributed by atoms with Crippen LogP contribution in [0.25, 0.3) is 0 Å². The molecule has 0 aliphatic rings. The molecule has 0 unspecified atom stereocenters. The fourth-order valence-corrected chi connectivity index (χ4v) is 0.751. The molecule has 0 fully saturated rings. The molecule has 0 rings (SSSR count). The van der Waals surface area contributed by atoms with Gasteiger partial charge in [0.05, 0.1) is 13.2 Å². The van der Waals surface area contributed by atoms with Crippen LogP contribution in [0.2, 0.25) is 0 Å². The maximum atomic E-state index is 11.9. The van der Waals surface area contributed by atoms with Crippen molar-refractivity contribution in [1.29, 1.82) is 0 Å². The van der Waals surface area contributed by atoms with Crippen LogP contribution in [0, 0.1) is 0 Å². The Kier molecular flexibility index (Phi) is 28.5. The van der Waals surface area contributed by atoms with Crippen molar-refractivity contribution in [3.8, 4) is 0 Å². The van der Waals surface area contributed by atoms with Gasteiger partial charge in [0.2, 0.25) is 0 Å². The van der Waals surface area contributed by atoms with E-state index in [1.165, 1.54) is 6.92 Å². The van der Waals surface area contributed by atoms with Gasteiger partial charge in [-0.05, 0) is 26.3 Å². The lowest BCUT2D eigenvalue weighted by molar-refractivity contribution is -0.108. The van der Waals surface area contributed by atoms with E-state index in [-0.39, 0.29) is 5.83 Å². The molecule has 0 atom stereocenters. The Balaban J connectivity index is -0.000000149. The van der Waals surface area contributed by atoms with E-state index in [1.807, 2.05) is 13.5 Å². The van der Waals surface area contributed by atoms with Crippen LogP contribution >= 0.6 is 0 Å². The highest BCUT2D eigenvalue weighted by molar-refractivity contribution is 4.88. The number of hydrogen-bond acceptors (Lipinski definition) is 2. The number of unbranched alkanes of at least 4 members (excludes halogenated alkanes) is 2. The summed E-state index contributed by atoms with van der Waals surface area (Å²) in [5, 5.41) is 0. The SMILES string of the molecule is C=C(F)C(F)(F)F.C=C(F)F.CCCCOC=C(C)F.CCCCOC=C(F)F. The molecular formula is C18H27F9O2. The molecule has 0 aliphatic heterocycles.